The van der Waals surface area contributed by atoms with Gasteiger partial charge in [-0.1, -0.05) is 29.8 Å². The van der Waals surface area contributed by atoms with Crippen LogP contribution < -0.4 is 0 Å². The predicted molar refractivity (Wildman–Crippen MR) is 96.3 cm³/mol. The Labute approximate surface area is 151 Å². The minimum Gasteiger partial charge on any atom is -0.337 e. The lowest BCUT2D eigenvalue weighted by Gasteiger charge is -2.16. The van der Waals surface area contributed by atoms with E-state index in [-0.39, 0.29) is 23.3 Å². The monoisotopic (exact) mass is 354 g/mol. The SMILES string of the molecule is Cc1ccc(C2CC2C(=O)N2CCC(=N)C2)c(-c2c(F)cccc2F)c1. The summed E-state index contributed by atoms with van der Waals surface area (Å²) in [6.45, 7) is 2.89. The number of carbonyl (C=O) groups excluding carboxylic acids is 1. The van der Waals surface area contributed by atoms with Gasteiger partial charge < -0.3 is 10.3 Å². The van der Waals surface area contributed by atoms with Crippen LogP contribution in [0.1, 0.15) is 29.9 Å². The molecule has 0 radical (unpaired) electrons. The molecule has 1 saturated heterocycles. The zero-order valence-electron chi connectivity index (χ0n) is 14.6. The Balaban J connectivity index is 1.67. The van der Waals surface area contributed by atoms with Crippen molar-refractivity contribution in [2.75, 3.05) is 13.1 Å². The van der Waals surface area contributed by atoms with E-state index in [1.807, 2.05) is 19.1 Å². The van der Waals surface area contributed by atoms with Crippen molar-refractivity contribution in [1.29, 1.82) is 5.41 Å². The van der Waals surface area contributed by atoms with Crippen LogP contribution in [0.2, 0.25) is 0 Å². The fourth-order valence-corrected chi connectivity index (χ4v) is 3.86. The largest absolute Gasteiger partial charge is 0.337 e. The first kappa shape index (κ1) is 16.9. The Bertz CT molecular complexity index is 889. The second-order valence-corrected chi connectivity index (χ2v) is 7.25. The molecule has 2 aromatic carbocycles. The van der Waals surface area contributed by atoms with Crippen molar-refractivity contribution in [1.82, 2.24) is 4.90 Å². The number of carbonyl (C=O) groups is 1. The smallest absolute Gasteiger partial charge is 0.226 e. The Morgan fingerprint density at radius 3 is 2.58 bits per heavy atom. The van der Waals surface area contributed by atoms with Crippen LogP contribution in [0.25, 0.3) is 11.1 Å². The third-order valence-corrected chi connectivity index (χ3v) is 5.32. The summed E-state index contributed by atoms with van der Waals surface area (Å²) in [4.78, 5) is 14.4. The third kappa shape index (κ3) is 2.91. The van der Waals surface area contributed by atoms with E-state index in [4.69, 9.17) is 5.41 Å². The number of hydrogen-bond acceptors (Lipinski definition) is 2. The average Bonchev–Trinajstić information content (AvgIpc) is 3.27. The summed E-state index contributed by atoms with van der Waals surface area (Å²) in [6.07, 6.45) is 1.33. The van der Waals surface area contributed by atoms with Gasteiger partial charge >= 0.3 is 0 Å². The molecule has 0 bridgehead atoms. The van der Waals surface area contributed by atoms with Gasteiger partial charge in [-0.2, -0.15) is 0 Å². The molecule has 2 fully saturated rings. The molecule has 2 atom stereocenters. The van der Waals surface area contributed by atoms with Crippen molar-refractivity contribution in [3.05, 3.63) is 59.2 Å². The molecule has 26 heavy (non-hydrogen) atoms. The summed E-state index contributed by atoms with van der Waals surface area (Å²) < 4.78 is 28.7. The summed E-state index contributed by atoms with van der Waals surface area (Å²) in [5.74, 6) is -1.30. The molecule has 2 aliphatic rings. The molecular formula is C21H20F2N2O. The molecule has 4 rings (SSSR count). The highest BCUT2D eigenvalue weighted by Crippen LogP contribution is 2.52. The molecule has 0 spiro atoms. The number of rotatable bonds is 3. The van der Waals surface area contributed by atoms with Crippen LogP contribution in [0.3, 0.4) is 0 Å². The fourth-order valence-electron chi connectivity index (χ4n) is 3.86. The molecule has 5 heteroatoms. The number of aryl methyl sites for hydroxylation is 1. The first-order valence-corrected chi connectivity index (χ1v) is 8.85. The van der Waals surface area contributed by atoms with Crippen LogP contribution >= 0.6 is 0 Å². The molecule has 1 saturated carbocycles. The molecule has 0 aromatic heterocycles. The minimum absolute atomic E-state index is 0.0211. The van der Waals surface area contributed by atoms with Gasteiger partial charge in [-0.15, -0.1) is 0 Å². The van der Waals surface area contributed by atoms with E-state index in [0.717, 1.165) is 11.1 Å². The summed E-state index contributed by atoms with van der Waals surface area (Å²) in [5.41, 5.74) is 2.84. The molecule has 1 aliphatic heterocycles. The van der Waals surface area contributed by atoms with Gasteiger partial charge in [0.25, 0.3) is 0 Å². The van der Waals surface area contributed by atoms with E-state index in [2.05, 4.69) is 0 Å². The molecule has 134 valence electrons. The quantitative estimate of drug-likeness (QED) is 0.878. The van der Waals surface area contributed by atoms with E-state index in [1.54, 1.807) is 11.0 Å². The molecule has 1 aliphatic carbocycles. The van der Waals surface area contributed by atoms with Crippen LogP contribution in [0.15, 0.2) is 36.4 Å². The van der Waals surface area contributed by atoms with E-state index in [1.165, 1.54) is 18.2 Å². The summed E-state index contributed by atoms with van der Waals surface area (Å²) >= 11 is 0. The molecular weight excluding hydrogens is 334 g/mol. The van der Waals surface area contributed by atoms with Crippen LogP contribution in [0, 0.1) is 29.9 Å². The lowest BCUT2D eigenvalue weighted by molar-refractivity contribution is -0.131. The topological polar surface area (TPSA) is 44.2 Å². The Morgan fingerprint density at radius 1 is 1.19 bits per heavy atom. The molecule has 2 unspecified atom stereocenters. The third-order valence-electron chi connectivity index (χ3n) is 5.32. The number of nitrogens with one attached hydrogen (secondary N) is 1. The van der Waals surface area contributed by atoms with Crippen molar-refractivity contribution in [3.63, 3.8) is 0 Å². The van der Waals surface area contributed by atoms with E-state index in [0.29, 0.717) is 37.2 Å². The molecule has 1 heterocycles. The zero-order chi connectivity index (χ0) is 18.4. The normalized spacial score (nSPS) is 22.0. The number of nitrogens with zero attached hydrogens (tertiary/aromatic N) is 1. The van der Waals surface area contributed by atoms with E-state index < -0.39 is 11.6 Å². The second kappa shape index (κ2) is 6.31. The lowest BCUT2D eigenvalue weighted by Crippen LogP contribution is -2.30. The number of likely N-dealkylation sites (tertiary alicyclic amines) is 1. The highest BCUT2D eigenvalue weighted by molar-refractivity contribution is 5.93. The van der Waals surface area contributed by atoms with Crippen LogP contribution in [0.4, 0.5) is 8.78 Å². The van der Waals surface area contributed by atoms with Gasteiger partial charge in [-0.3, -0.25) is 4.79 Å². The maximum Gasteiger partial charge on any atom is 0.226 e. The van der Waals surface area contributed by atoms with Gasteiger partial charge in [0.05, 0.1) is 12.1 Å². The van der Waals surface area contributed by atoms with Gasteiger partial charge in [-0.25, -0.2) is 8.78 Å². The molecule has 3 nitrogen and oxygen atoms in total. The standard InChI is InChI=1S/C21H20F2N2O/c1-12-5-6-14(16(9-12)20-18(22)3-2-4-19(20)23)15-10-17(15)21(26)25-8-7-13(24)11-25/h2-6,9,15,17,24H,7-8,10-11H2,1H3. The maximum absolute atomic E-state index is 14.3. The minimum atomic E-state index is -0.589. The average molecular weight is 354 g/mol. The van der Waals surface area contributed by atoms with Gasteiger partial charge in [0.2, 0.25) is 5.91 Å². The van der Waals surface area contributed by atoms with Gasteiger partial charge in [0.15, 0.2) is 0 Å². The summed E-state index contributed by atoms with van der Waals surface area (Å²) in [6, 6.07) is 9.48. The Kier molecular flexibility index (Phi) is 4.10. The second-order valence-electron chi connectivity index (χ2n) is 7.25. The first-order valence-electron chi connectivity index (χ1n) is 8.85. The molecule has 1 amide bonds. The maximum atomic E-state index is 14.3. The van der Waals surface area contributed by atoms with Crippen LogP contribution in [0.5, 0.6) is 0 Å². The number of hydrogen-bond donors (Lipinski definition) is 1. The van der Waals surface area contributed by atoms with Crippen LogP contribution in [-0.2, 0) is 4.79 Å². The summed E-state index contributed by atoms with van der Waals surface area (Å²) in [7, 11) is 0. The number of benzene rings is 2. The summed E-state index contributed by atoms with van der Waals surface area (Å²) in [5, 5.41) is 7.69. The van der Waals surface area contributed by atoms with Gasteiger partial charge in [0, 0.05) is 24.6 Å². The predicted octanol–water partition coefficient (Wildman–Crippen LogP) is 4.30. The van der Waals surface area contributed by atoms with Gasteiger partial charge in [-0.05, 0) is 42.5 Å². The Hall–Kier alpha value is -2.56. The highest BCUT2D eigenvalue weighted by Gasteiger charge is 2.47. The fraction of sp³-hybridized carbons (Fsp3) is 0.333. The Morgan fingerprint density at radius 2 is 1.92 bits per heavy atom. The molecule has 1 N–H and O–H groups in total. The van der Waals surface area contributed by atoms with Crippen molar-refractivity contribution in [2.24, 2.45) is 5.92 Å². The van der Waals surface area contributed by atoms with E-state index >= 15 is 0 Å². The van der Waals surface area contributed by atoms with Crippen LogP contribution in [-0.4, -0.2) is 29.6 Å². The molecule has 2 aromatic rings. The lowest BCUT2D eigenvalue weighted by atomic mass is 9.93. The van der Waals surface area contributed by atoms with Crippen molar-refractivity contribution >= 4 is 11.6 Å². The van der Waals surface area contributed by atoms with Crippen molar-refractivity contribution < 1.29 is 13.6 Å². The van der Waals surface area contributed by atoms with E-state index in [9.17, 15) is 13.6 Å². The zero-order valence-corrected chi connectivity index (χ0v) is 14.6. The highest BCUT2D eigenvalue weighted by atomic mass is 19.1. The van der Waals surface area contributed by atoms with Gasteiger partial charge in [0.1, 0.15) is 11.6 Å². The number of halogens is 2. The number of amides is 1. The first-order chi connectivity index (χ1) is 12.5. The van der Waals surface area contributed by atoms with Crippen molar-refractivity contribution in [3.8, 4) is 11.1 Å². The van der Waals surface area contributed by atoms with Crippen molar-refractivity contribution in [2.45, 2.75) is 25.7 Å².